The zero-order valence-corrected chi connectivity index (χ0v) is 9.47. The summed E-state index contributed by atoms with van der Waals surface area (Å²) in [6.07, 6.45) is 1.74. The summed E-state index contributed by atoms with van der Waals surface area (Å²) in [4.78, 5) is 12.0. The largest absolute Gasteiger partial charge is 0.469 e. The molecular weight excluding hydrogens is 245 g/mol. The first kappa shape index (κ1) is 12.4. The van der Waals surface area contributed by atoms with Crippen LogP contribution in [0.4, 0.5) is 13.2 Å². The molecule has 0 aliphatic carbocycles. The zero-order chi connectivity index (χ0) is 13.3. The van der Waals surface area contributed by atoms with Crippen LogP contribution in [0.1, 0.15) is 28.6 Å². The molecule has 0 fully saturated rings. The van der Waals surface area contributed by atoms with Crippen molar-refractivity contribution in [3.05, 3.63) is 58.8 Å². The Balaban J connectivity index is 2.50. The van der Waals surface area contributed by atoms with E-state index in [2.05, 4.69) is 0 Å². The van der Waals surface area contributed by atoms with Crippen molar-refractivity contribution in [2.75, 3.05) is 0 Å². The summed E-state index contributed by atoms with van der Waals surface area (Å²) >= 11 is 0. The lowest BCUT2D eigenvalue weighted by molar-refractivity contribution is 0.103. The second kappa shape index (κ2) is 4.68. The normalized spacial score (nSPS) is 10.7. The second-order valence-corrected chi connectivity index (χ2v) is 3.66. The lowest BCUT2D eigenvalue weighted by atomic mass is 10.0. The van der Waals surface area contributed by atoms with E-state index in [4.69, 9.17) is 4.42 Å². The molecule has 0 unspecified atom stereocenters. The lowest BCUT2D eigenvalue weighted by Crippen LogP contribution is -2.08. The first-order valence-corrected chi connectivity index (χ1v) is 5.30. The van der Waals surface area contributed by atoms with Gasteiger partial charge in [-0.3, -0.25) is 4.79 Å². The highest BCUT2D eigenvalue weighted by atomic mass is 19.2. The fourth-order valence-corrected chi connectivity index (χ4v) is 1.66. The molecule has 94 valence electrons. The van der Waals surface area contributed by atoms with Gasteiger partial charge in [-0.15, -0.1) is 0 Å². The van der Waals surface area contributed by atoms with E-state index in [1.807, 2.05) is 0 Å². The van der Waals surface area contributed by atoms with Gasteiger partial charge < -0.3 is 4.42 Å². The first-order valence-electron chi connectivity index (χ1n) is 5.30. The summed E-state index contributed by atoms with van der Waals surface area (Å²) in [5, 5.41) is 0. The average molecular weight is 254 g/mol. The Morgan fingerprint density at radius 3 is 2.50 bits per heavy atom. The van der Waals surface area contributed by atoms with Crippen LogP contribution in [0, 0.1) is 17.5 Å². The summed E-state index contributed by atoms with van der Waals surface area (Å²) in [5.74, 6) is -4.81. The minimum Gasteiger partial charge on any atom is -0.469 e. The van der Waals surface area contributed by atoms with Crippen molar-refractivity contribution < 1.29 is 22.4 Å². The minimum atomic E-state index is -1.65. The second-order valence-electron chi connectivity index (χ2n) is 3.66. The zero-order valence-electron chi connectivity index (χ0n) is 9.47. The van der Waals surface area contributed by atoms with Crippen molar-refractivity contribution in [3.63, 3.8) is 0 Å². The number of hydrogen-bond donors (Lipinski definition) is 0. The van der Waals surface area contributed by atoms with Gasteiger partial charge in [-0.25, -0.2) is 13.2 Å². The van der Waals surface area contributed by atoms with Crippen molar-refractivity contribution in [1.29, 1.82) is 0 Å². The Morgan fingerprint density at radius 2 is 1.83 bits per heavy atom. The number of furan rings is 1. The molecule has 0 saturated heterocycles. The monoisotopic (exact) mass is 254 g/mol. The number of aryl methyl sites for hydroxylation is 1. The molecule has 5 heteroatoms. The molecule has 1 aromatic heterocycles. The molecule has 0 atom stereocenters. The van der Waals surface area contributed by atoms with E-state index in [1.165, 1.54) is 12.3 Å². The smallest absolute Gasteiger partial charge is 0.199 e. The van der Waals surface area contributed by atoms with E-state index in [0.29, 0.717) is 12.2 Å². The molecule has 0 aliphatic heterocycles. The van der Waals surface area contributed by atoms with Crippen molar-refractivity contribution in [3.8, 4) is 0 Å². The van der Waals surface area contributed by atoms with Gasteiger partial charge >= 0.3 is 0 Å². The molecule has 1 aromatic carbocycles. The quantitative estimate of drug-likeness (QED) is 0.620. The van der Waals surface area contributed by atoms with E-state index in [1.54, 1.807) is 6.92 Å². The first-order chi connectivity index (χ1) is 8.56. The summed E-state index contributed by atoms with van der Waals surface area (Å²) in [6.45, 7) is 1.76. The molecule has 2 rings (SSSR count). The average Bonchev–Trinajstić information content (AvgIpc) is 2.83. The number of hydrogen-bond acceptors (Lipinski definition) is 2. The van der Waals surface area contributed by atoms with E-state index in [-0.39, 0.29) is 5.56 Å². The van der Waals surface area contributed by atoms with E-state index < -0.39 is 28.8 Å². The summed E-state index contributed by atoms with van der Waals surface area (Å²) in [5.41, 5.74) is -0.354. The Kier molecular flexibility index (Phi) is 3.23. The molecule has 0 bridgehead atoms. The minimum absolute atomic E-state index is 0.155. The van der Waals surface area contributed by atoms with Gasteiger partial charge in [0.2, 0.25) is 0 Å². The predicted molar refractivity (Wildman–Crippen MR) is 57.8 cm³/mol. The van der Waals surface area contributed by atoms with Gasteiger partial charge in [0.15, 0.2) is 23.2 Å². The lowest BCUT2D eigenvalue weighted by Gasteiger charge is -2.03. The Labute approximate surface area is 101 Å². The molecule has 0 N–H and O–H groups in total. The third kappa shape index (κ3) is 1.92. The molecule has 2 aromatic rings. The van der Waals surface area contributed by atoms with E-state index >= 15 is 0 Å². The number of halogens is 3. The van der Waals surface area contributed by atoms with Crippen LogP contribution in [0.15, 0.2) is 28.9 Å². The molecule has 0 spiro atoms. The topological polar surface area (TPSA) is 30.2 Å². The third-order valence-corrected chi connectivity index (χ3v) is 2.59. The third-order valence-electron chi connectivity index (χ3n) is 2.59. The molecule has 18 heavy (non-hydrogen) atoms. The maximum absolute atomic E-state index is 13.5. The van der Waals surface area contributed by atoms with Crippen LogP contribution in [0.3, 0.4) is 0 Å². The van der Waals surface area contributed by atoms with Crippen LogP contribution in [-0.4, -0.2) is 5.78 Å². The number of rotatable bonds is 3. The summed E-state index contributed by atoms with van der Waals surface area (Å²) in [6, 6.07) is 3.02. The standard InChI is InChI=1S/C13H9F3O2/c1-2-10-7(5-6-18-10)13(17)8-3-4-9(14)12(16)11(8)15/h3-6H,2H2,1H3. The van der Waals surface area contributed by atoms with Crippen LogP contribution in [0.5, 0.6) is 0 Å². The van der Waals surface area contributed by atoms with Gasteiger partial charge in [-0.1, -0.05) is 6.92 Å². The molecule has 0 radical (unpaired) electrons. The molecule has 0 saturated carbocycles. The van der Waals surface area contributed by atoms with Gasteiger partial charge in [0.25, 0.3) is 0 Å². The van der Waals surface area contributed by atoms with Crippen LogP contribution in [0.25, 0.3) is 0 Å². The highest BCUT2D eigenvalue weighted by molar-refractivity contribution is 6.09. The number of carbonyl (C=O) groups is 1. The van der Waals surface area contributed by atoms with Crippen molar-refractivity contribution in [2.24, 2.45) is 0 Å². The molecule has 0 amide bonds. The molecule has 0 aliphatic rings. The Hall–Kier alpha value is -2.04. The highest BCUT2D eigenvalue weighted by Crippen LogP contribution is 2.21. The number of ketones is 1. The van der Waals surface area contributed by atoms with E-state index in [9.17, 15) is 18.0 Å². The van der Waals surface area contributed by atoms with Crippen LogP contribution >= 0.6 is 0 Å². The van der Waals surface area contributed by atoms with Gasteiger partial charge in [-0.2, -0.15) is 0 Å². The van der Waals surface area contributed by atoms with Crippen molar-refractivity contribution >= 4 is 5.78 Å². The number of carbonyl (C=O) groups excluding carboxylic acids is 1. The van der Waals surface area contributed by atoms with Crippen LogP contribution < -0.4 is 0 Å². The maximum atomic E-state index is 13.5. The van der Waals surface area contributed by atoms with Crippen molar-refractivity contribution in [2.45, 2.75) is 13.3 Å². The van der Waals surface area contributed by atoms with Gasteiger partial charge in [0, 0.05) is 6.42 Å². The van der Waals surface area contributed by atoms with Gasteiger partial charge in [0.1, 0.15) is 5.76 Å². The predicted octanol–water partition coefficient (Wildman–Crippen LogP) is 3.49. The molecule has 2 nitrogen and oxygen atoms in total. The highest BCUT2D eigenvalue weighted by Gasteiger charge is 2.22. The fraction of sp³-hybridized carbons (Fsp3) is 0.154. The van der Waals surface area contributed by atoms with Crippen LogP contribution in [0.2, 0.25) is 0 Å². The molecule has 1 heterocycles. The van der Waals surface area contributed by atoms with Crippen molar-refractivity contribution in [1.82, 2.24) is 0 Å². The summed E-state index contributed by atoms with van der Waals surface area (Å²) < 4.78 is 44.3. The Morgan fingerprint density at radius 1 is 1.11 bits per heavy atom. The van der Waals surface area contributed by atoms with Crippen LogP contribution in [-0.2, 0) is 6.42 Å². The Bertz CT molecular complexity index is 602. The van der Waals surface area contributed by atoms with Gasteiger partial charge in [0.05, 0.1) is 17.4 Å². The number of benzene rings is 1. The summed E-state index contributed by atoms with van der Waals surface area (Å²) in [7, 11) is 0. The fourth-order valence-electron chi connectivity index (χ4n) is 1.66. The maximum Gasteiger partial charge on any atom is 0.199 e. The van der Waals surface area contributed by atoms with E-state index in [0.717, 1.165) is 12.1 Å². The van der Waals surface area contributed by atoms with Gasteiger partial charge in [-0.05, 0) is 18.2 Å². The SMILES string of the molecule is CCc1occc1C(=O)c1ccc(F)c(F)c1F. The molecular formula is C13H9F3O2.